The zero-order valence-corrected chi connectivity index (χ0v) is 12.6. The van der Waals surface area contributed by atoms with Crippen LogP contribution >= 0.6 is 0 Å². The first kappa shape index (κ1) is 14.0. The van der Waals surface area contributed by atoms with E-state index < -0.39 is 0 Å². The number of nitrogens with zero attached hydrogens (tertiary/aromatic N) is 1. The lowest BCUT2D eigenvalue weighted by atomic mass is 10.0. The third-order valence-electron chi connectivity index (χ3n) is 3.87. The third-order valence-corrected chi connectivity index (χ3v) is 3.87. The van der Waals surface area contributed by atoms with Crippen molar-refractivity contribution in [1.82, 2.24) is 0 Å². The van der Waals surface area contributed by atoms with Crippen LogP contribution in [0.1, 0.15) is 12.5 Å². The summed E-state index contributed by atoms with van der Waals surface area (Å²) in [6.45, 7) is 3.71. The van der Waals surface area contributed by atoms with Gasteiger partial charge in [0.1, 0.15) is 5.75 Å². The molecular weight excluding hydrogens is 262 g/mol. The number of para-hydroxylation sites is 1. The second-order valence-electron chi connectivity index (χ2n) is 5.37. The highest BCUT2D eigenvalue weighted by atomic mass is 16.5. The summed E-state index contributed by atoms with van der Waals surface area (Å²) in [7, 11) is 1.70. The van der Waals surface area contributed by atoms with Gasteiger partial charge in [-0.25, -0.2) is 0 Å². The highest BCUT2D eigenvalue weighted by Crippen LogP contribution is 2.32. The molecular formula is C18H21NO2. The first-order valence-corrected chi connectivity index (χ1v) is 7.39. The Morgan fingerprint density at radius 2 is 2.00 bits per heavy atom. The number of methoxy groups -OCH3 is 1. The maximum Gasteiger partial charge on any atom is 0.120 e. The SMILES string of the molecule is COc1cccc(N2CCOC(C)Cc3ccccc32)c1. The van der Waals surface area contributed by atoms with Gasteiger partial charge in [-0.05, 0) is 30.7 Å². The quantitative estimate of drug-likeness (QED) is 0.837. The zero-order valence-electron chi connectivity index (χ0n) is 12.6. The molecule has 0 amide bonds. The minimum atomic E-state index is 0.263. The molecule has 2 aromatic rings. The number of ether oxygens (including phenoxy) is 2. The third kappa shape index (κ3) is 3.03. The molecule has 0 fully saturated rings. The van der Waals surface area contributed by atoms with Crippen LogP contribution in [0.25, 0.3) is 0 Å². The smallest absolute Gasteiger partial charge is 0.120 e. The number of anilines is 2. The molecule has 0 saturated heterocycles. The van der Waals surface area contributed by atoms with Gasteiger partial charge in [-0.2, -0.15) is 0 Å². The zero-order chi connectivity index (χ0) is 14.7. The fraction of sp³-hybridized carbons (Fsp3) is 0.333. The van der Waals surface area contributed by atoms with Crippen molar-refractivity contribution in [2.24, 2.45) is 0 Å². The van der Waals surface area contributed by atoms with Gasteiger partial charge in [-0.3, -0.25) is 0 Å². The predicted octanol–water partition coefficient (Wildman–Crippen LogP) is 3.79. The lowest BCUT2D eigenvalue weighted by molar-refractivity contribution is 0.0703. The number of hydrogen-bond donors (Lipinski definition) is 0. The van der Waals surface area contributed by atoms with E-state index >= 15 is 0 Å². The van der Waals surface area contributed by atoms with Gasteiger partial charge in [-0.1, -0.05) is 24.3 Å². The van der Waals surface area contributed by atoms with Crippen molar-refractivity contribution >= 4 is 11.4 Å². The van der Waals surface area contributed by atoms with Crippen LogP contribution in [0, 0.1) is 0 Å². The van der Waals surface area contributed by atoms with E-state index in [0.717, 1.165) is 31.0 Å². The molecule has 1 aliphatic rings. The molecule has 21 heavy (non-hydrogen) atoms. The summed E-state index contributed by atoms with van der Waals surface area (Å²) >= 11 is 0. The largest absolute Gasteiger partial charge is 0.497 e. The molecule has 3 heteroatoms. The average molecular weight is 283 g/mol. The van der Waals surface area contributed by atoms with E-state index in [9.17, 15) is 0 Å². The number of benzene rings is 2. The topological polar surface area (TPSA) is 21.7 Å². The molecule has 0 aliphatic carbocycles. The van der Waals surface area contributed by atoms with E-state index in [1.54, 1.807) is 7.11 Å². The second-order valence-corrected chi connectivity index (χ2v) is 5.37. The van der Waals surface area contributed by atoms with Crippen LogP contribution in [0.4, 0.5) is 11.4 Å². The van der Waals surface area contributed by atoms with Crippen LogP contribution in [0.15, 0.2) is 48.5 Å². The van der Waals surface area contributed by atoms with Crippen LogP contribution in [0.2, 0.25) is 0 Å². The Balaban J connectivity index is 2.02. The molecule has 0 N–H and O–H groups in total. The minimum absolute atomic E-state index is 0.263. The minimum Gasteiger partial charge on any atom is -0.497 e. The van der Waals surface area contributed by atoms with Gasteiger partial charge in [0, 0.05) is 30.4 Å². The Labute approximate surface area is 126 Å². The van der Waals surface area contributed by atoms with Gasteiger partial charge in [0.15, 0.2) is 0 Å². The van der Waals surface area contributed by atoms with E-state index in [2.05, 4.69) is 48.2 Å². The number of hydrogen-bond acceptors (Lipinski definition) is 3. The van der Waals surface area contributed by atoms with Crippen molar-refractivity contribution in [3.05, 3.63) is 54.1 Å². The summed E-state index contributed by atoms with van der Waals surface area (Å²) in [4.78, 5) is 2.31. The van der Waals surface area contributed by atoms with Crippen molar-refractivity contribution in [3.8, 4) is 5.75 Å². The Hall–Kier alpha value is -2.00. The van der Waals surface area contributed by atoms with Crippen molar-refractivity contribution in [2.45, 2.75) is 19.4 Å². The summed E-state index contributed by atoms with van der Waals surface area (Å²) in [6, 6.07) is 16.7. The van der Waals surface area contributed by atoms with Crippen LogP contribution < -0.4 is 9.64 Å². The molecule has 2 aromatic carbocycles. The molecule has 1 atom stereocenters. The van der Waals surface area contributed by atoms with Gasteiger partial charge in [0.2, 0.25) is 0 Å². The van der Waals surface area contributed by atoms with Crippen molar-refractivity contribution in [1.29, 1.82) is 0 Å². The van der Waals surface area contributed by atoms with Crippen LogP contribution in [-0.2, 0) is 11.2 Å². The fourth-order valence-electron chi connectivity index (χ4n) is 2.83. The van der Waals surface area contributed by atoms with E-state index in [1.165, 1.54) is 11.3 Å². The van der Waals surface area contributed by atoms with Crippen molar-refractivity contribution < 1.29 is 9.47 Å². The molecule has 1 aliphatic heterocycles. The van der Waals surface area contributed by atoms with Gasteiger partial charge >= 0.3 is 0 Å². The summed E-state index contributed by atoms with van der Waals surface area (Å²) in [5.41, 5.74) is 3.73. The summed E-state index contributed by atoms with van der Waals surface area (Å²) in [6.07, 6.45) is 1.20. The number of fused-ring (bicyclic) bond motifs is 1. The van der Waals surface area contributed by atoms with E-state index in [4.69, 9.17) is 9.47 Å². The molecule has 3 nitrogen and oxygen atoms in total. The van der Waals surface area contributed by atoms with Gasteiger partial charge < -0.3 is 14.4 Å². The summed E-state index contributed by atoms with van der Waals surface area (Å²) in [5.74, 6) is 0.876. The fourth-order valence-corrected chi connectivity index (χ4v) is 2.83. The molecule has 0 spiro atoms. The Morgan fingerprint density at radius 3 is 2.86 bits per heavy atom. The van der Waals surface area contributed by atoms with Gasteiger partial charge in [0.05, 0.1) is 19.8 Å². The summed E-state index contributed by atoms with van der Waals surface area (Å²) < 4.78 is 11.2. The summed E-state index contributed by atoms with van der Waals surface area (Å²) in [5, 5.41) is 0. The molecule has 0 radical (unpaired) electrons. The maximum absolute atomic E-state index is 5.88. The van der Waals surface area contributed by atoms with Gasteiger partial charge in [0.25, 0.3) is 0 Å². The molecule has 110 valence electrons. The molecule has 0 saturated carbocycles. The first-order chi connectivity index (χ1) is 10.3. The highest BCUT2D eigenvalue weighted by molar-refractivity contribution is 5.67. The molecule has 1 heterocycles. The Bertz CT molecular complexity index is 612. The van der Waals surface area contributed by atoms with Crippen LogP contribution in [-0.4, -0.2) is 26.4 Å². The molecule has 0 aromatic heterocycles. The average Bonchev–Trinajstić information content (AvgIpc) is 2.50. The second kappa shape index (κ2) is 6.19. The highest BCUT2D eigenvalue weighted by Gasteiger charge is 2.18. The van der Waals surface area contributed by atoms with E-state index in [1.807, 2.05) is 12.1 Å². The Morgan fingerprint density at radius 1 is 1.14 bits per heavy atom. The van der Waals surface area contributed by atoms with Crippen LogP contribution in [0.3, 0.4) is 0 Å². The molecule has 0 bridgehead atoms. The normalized spacial score (nSPS) is 18.6. The number of rotatable bonds is 2. The lowest BCUT2D eigenvalue weighted by Gasteiger charge is -2.31. The maximum atomic E-state index is 5.88. The molecule has 3 rings (SSSR count). The monoisotopic (exact) mass is 283 g/mol. The lowest BCUT2D eigenvalue weighted by Crippen LogP contribution is -2.29. The Kier molecular flexibility index (Phi) is 4.11. The molecule has 1 unspecified atom stereocenters. The first-order valence-electron chi connectivity index (χ1n) is 7.39. The van der Waals surface area contributed by atoms with E-state index in [0.29, 0.717) is 0 Å². The van der Waals surface area contributed by atoms with Crippen molar-refractivity contribution in [2.75, 3.05) is 25.2 Å². The predicted molar refractivity (Wildman–Crippen MR) is 85.6 cm³/mol. The van der Waals surface area contributed by atoms with E-state index in [-0.39, 0.29) is 6.10 Å². The van der Waals surface area contributed by atoms with Crippen LogP contribution in [0.5, 0.6) is 5.75 Å². The van der Waals surface area contributed by atoms with Crippen molar-refractivity contribution in [3.63, 3.8) is 0 Å². The standard InChI is InChI=1S/C18H21NO2/c1-14-12-15-6-3-4-9-18(15)19(10-11-21-14)16-7-5-8-17(13-16)20-2/h3-9,13-14H,10-12H2,1-2H3. The van der Waals surface area contributed by atoms with Gasteiger partial charge in [-0.15, -0.1) is 0 Å².